The molecule has 0 aromatic heterocycles. The molecule has 1 rings (SSSR count). The van der Waals surface area contributed by atoms with Crippen molar-refractivity contribution in [3.8, 4) is 0 Å². The van der Waals surface area contributed by atoms with E-state index >= 15 is 0 Å². The molecule has 4 nitrogen and oxygen atoms in total. The molecular weight excluding hydrogens is 216 g/mol. The summed E-state index contributed by atoms with van der Waals surface area (Å²) < 4.78 is 0. The van der Waals surface area contributed by atoms with Crippen molar-refractivity contribution in [3.63, 3.8) is 0 Å². The molecule has 0 unspecified atom stereocenters. The molecule has 17 heavy (non-hydrogen) atoms. The Labute approximate surface area is 103 Å². The molecule has 0 aliphatic heterocycles. The van der Waals surface area contributed by atoms with Gasteiger partial charge in [0.15, 0.2) is 0 Å². The van der Waals surface area contributed by atoms with E-state index in [4.69, 9.17) is 11.5 Å². The van der Waals surface area contributed by atoms with Gasteiger partial charge in [-0.05, 0) is 18.2 Å². The lowest BCUT2D eigenvalue weighted by atomic mass is 10.1. The Hall–Kier alpha value is -1.84. The van der Waals surface area contributed by atoms with Crippen LogP contribution >= 0.6 is 0 Å². The SMILES string of the molecule is CC.CCC.NC(=O)c1cccc(C(N)=O)c1. The van der Waals surface area contributed by atoms with Gasteiger partial charge in [-0.2, -0.15) is 0 Å². The van der Waals surface area contributed by atoms with Gasteiger partial charge in [0, 0.05) is 11.1 Å². The van der Waals surface area contributed by atoms with Gasteiger partial charge in [0.05, 0.1) is 0 Å². The predicted octanol–water partition coefficient (Wildman–Crippen LogP) is 2.33. The van der Waals surface area contributed by atoms with Crippen molar-refractivity contribution >= 4 is 11.8 Å². The zero-order valence-electron chi connectivity index (χ0n) is 11.0. The molecule has 1 aromatic carbocycles. The van der Waals surface area contributed by atoms with E-state index in [1.807, 2.05) is 13.8 Å². The van der Waals surface area contributed by atoms with Crippen LogP contribution in [-0.4, -0.2) is 11.8 Å². The maximum Gasteiger partial charge on any atom is 0.248 e. The van der Waals surface area contributed by atoms with Gasteiger partial charge in [-0.3, -0.25) is 9.59 Å². The zero-order valence-corrected chi connectivity index (χ0v) is 11.0. The third kappa shape index (κ3) is 8.02. The molecule has 2 amide bonds. The highest BCUT2D eigenvalue weighted by molar-refractivity contribution is 5.98. The number of benzene rings is 1. The molecule has 0 radical (unpaired) electrons. The number of carbonyl (C=O) groups excluding carboxylic acids is 2. The Balaban J connectivity index is 0. The first-order valence-corrected chi connectivity index (χ1v) is 5.72. The minimum atomic E-state index is -0.571. The summed E-state index contributed by atoms with van der Waals surface area (Å²) >= 11 is 0. The first-order valence-electron chi connectivity index (χ1n) is 5.72. The van der Waals surface area contributed by atoms with Gasteiger partial charge in [0.2, 0.25) is 11.8 Å². The van der Waals surface area contributed by atoms with Crippen LogP contribution in [0, 0.1) is 0 Å². The third-order valence-electron chi connectivity index (χ3n) is 1.43. The second-order valence-corrected chi connectivity index (χ2v) is 3.02. The van der Waals surface area contributed by atoms with Crippen molar-refractivity contribution in [2.45, 2.75) is 34.1 Å². The van der Waals surface area contributed by atoms with E-state index in [2.05, 4.69) is 13.8 Å². The second-order valence-electron chi connectivity index (χ2n) is 3.02. The van der Waals surface area contributed by atoms with Crippen LogP contribution in [0.25, 0.3) is 0 Å². The van der Waals surface area contributed by atoms with Crippen molar-refractivity contribution in [3.05, 3.63) is 35.4 Å². The van der Waals surface area contributed by atoms with Crippen LogP contribution in [0.3, 0.4) is 0 Å². The Bertz CT molecular complexity index is 320. The number of hydrogen-bond acceptors (Lipinski definition) is 2. The summed E-state index contributed by atoms with van der Waals surface area (Å²) in [5.41, 5.74) is 10.6. The summed E-state index contributed by atoms with van der Waals surface area (Å²) in [6.07, 6.45) is 1.25. The van der Waals surface area contributed by atoms with E-state index in [9.17, 15) is 9.59 Å². The maximum atomic E-state index is 10.6. The van der Waals surface area contributed by atoms with Crippen LogP contribution < -0.4 is 11.5 Å². The van der Waals surface area contributed by atoms with Gasteiger partial charge in [0.25, 0.3) is 0 Å². The number of primary amides is 2. The fraction of sp³-hybridized carbons (Fsp3) is 0.385. The number of amides is 2. The van der Waals surface area contributed by atoms with Gasteiger partial charge in [-0.15, -0.1) is 0 Å². The summed E-state index contributed by atoms with van der Waals surface area (Å²) in [5.74, 6) is -1.14. The Kier molecular flexibility index (Phi) is 11.0. The maximum absolute atomic E-state index is 10.6. The minimum absolute atomic E-state index is 0.284. The predicted molar refractivity (Wildman–Crippen MR) is 70.8 cm³/mol. The molecule has 1 aromatic rings. The summed E-state index contributed by atoms with van der Waals surface area (Å²) in [7, 11) is 0. The summed E-state index contributed by atoms with van der Waals surface area (Å²) in [6, 6.07) is 5.97. The highest BCUT2D eigenvalue weighted by atomic mass is 16.1. The average Bonchev–Trinajstić information content (AvgIpc) is 2.33. The molecule has 0 fully saturated rings. The third-order valence-corrected chi connectivity index (χ3v) is 1.43. The monoisotopic (exact) mass is 238 g/mol. The molecule has 0 bridgehead atoms. The molecule has 96 valence electrons. The van der Waals surface area contributed by atoms with Gasteiger partial charge < -0.3 is 11.5 Å². The van der Waals surface area contributed by atoms with E-state index < -0.39 is 11.8 Å². The molecule has 0 heterocycles. The fourth-order valence-corrected chi connectivity index (χ4v) is 0.826. The van der Waals surface area contributed by atoms with Gasteiger partial charge in [-0.1, -0.05) is 40.2 Å². The van der Waals surface area contributed by atoms with Crippen molar-refractivity contribution in [2.24, 2.45) is 11.5 Å². The zero-order chi connectivity index (χ0) is 13.8. The highest BCUT2D eigenvalue weighted by Gasteiger charge is 2.03. The molecule has 0 saturated carbocycles. The van der Waals surface area contributed by atoms with Crippen molar-refractivity contribution in [1.29, 1.82) is 0 Å². The lowest BCUT2D eigenvalue weighted by molar-refractivity contribution is 0.0999. The van der Waals surface area contributed by atoms with Crippen molar-refractivity contribution in [2.75, 3.05) is 0 Å². The van der Waals surface area contributed by atoms with E-state index in [0.717, 1.165) is 0 Å². The van der Waals surface area contributed by atoms with Crippen LogP contribution in [0.5, 0.6) is 0 Å². The number of carbonyl (C=O) groups is 2. The quantitative estimate of drug-likeness (QED) is 0.828. The molecular formula is C13H22N2O2. The average molecular weight is 238 g/mol. The highest BCUT2D eigenvalue weighted by Crippen LogP contribution is 2.03. The largest absolute Gasteiger partial charge is 0.366 e. The molecule has 0 aliphatic carbocycles. The van der Waals surface area contributed by atoms with Crippen LogP contribution in [0.2, 0.25) is 0 Å². The second kappa shape index (κ2) is 10.7. The van der Waals surface area contributed by atoms with Crippen LogP contribution in [0.4, 0.5) is 0 Å². The summed E-state index contributed by atoms with van der Waals surface area (Å²) in [4.78, 5) is 21.3. The first kappa shape index (κ1) is 17.6. The Morgan fingerprint density at radius 2 is 1.29 bits per heavy atom. The first-order chi connectivity index (χ1) is 8.02. The van der Waals surface area contributed by atoms with Gasteiger partial charge in [0.1, 0.15) is 0 Å². The summed E-state index contributed by atoms with van der Waals surface area (Å²) in [5, 5.41) is 0. The molecule has 4 heteroatoms. The lowest BCUT2D eigenvalue weighted by Gasteiger charge is -1.97. The van der Waals surface area contributed by atoms with Crippen LogP contribution in [0.15, 0.2) is 24.3 Å². The van der Waals surface area contributed by atoms with E-state index in [-0.39, 0.29) is 11.1 Å². The summed E-state index contributed by atoms with van der Waals surface area (Å²) in [6.45, 7) is 8.25. The Morgan fingerprint density at radius 3 is 1.53 bits per heavy atom. The molecule has 0 aliphatic rings. The van der Waals surface area contributed by atoms with E-state index in [0.29, 0.717) is 0 Å². The lowest BCUT2D eigenvalue weighted by Crippen LogP contribution is -2.14. The minimum Gasteiger partial charge on any atom is -0.366 e. The molecule has 4 N–H and O–H groups in total. The van der Waals surface area contributed by atoms with Crippen LogP contribution in [-0.2, 0) is 0 Å². The van der Waals surface area contributed by atoms with Crippen molar-refractivity contribution in [1.82, 2.24) is 0 Å². The Morgan fingerprint density at radius 1 is 1.00 bits per heavy atom. The molecule has 0 spiro atoms. The van der Waals surface area contributed by atoms with E-state index in [1.54, 1.807) is 6.07 Å². The number of rotatable bonds is 2. The number of nitrogens with two attached hydrogens (primary N) is 2. The number of hydrogen-bond donors (Lipinski definition) is 2. The fourth-order valence-electron chi connectivity index (χ4n) is 0.826. The molecule has 0 atom stereocenters. The van der Waals surface area contributed by atoms with Crippen LogP contribution in [0.1, 0.15) is 54.8 Å². The smallest absolute Gasteiger partial charge is 0.248 e. The molecule has 0 saturated heterocycles. The van der Waals surface area contributed by atoms with Gasteiger partial charge >= 0.3 is 0 Å². The normalized spacial score (nSPS) is 8.00. The van der Waals surface area contributed by atoms with E-state index in [1.165, 1.54) is 24.6 Å². The topological polar surface area (TPSA) is 86.2 Å². The van der Waals surface area contributed by atoms with Crippen molar-refractivity contribution < 1.29 is 9.59 Å². The standard InChI is InChI=1S/C8H8N2O2.C3H8.C2H6/c9-7(11)5-2-1-3-6(4-5)8(10)12;1-3-2;1-2/h1-4H,(H2,9,11)(H2,10,12);3H2,1-2H3;1-2H3. The van der Waals surface area contributed by atoms with Gasteiger partial charge in [-0.25, -0.2) is 0 Å².